The highest BCUT2D eigenvalue weighted by Gasteiger charge is 2.22. The molecule has 7 heteroatoms. The molecule has 4 rings (SSSR count). The minimum Gasteiger partial charge on any atom is -0.457 e. The maximum atomic E-state index is 14.0. The number of carbonyl (C=O) groups excluding carboxylic acids is 2. The quantitative estimate of drug-likeness (QED) is 0.259. The molecule has 0 saturated heterocycles. The Balaban J connectivity index is 1.39. The molecule has 0 aromatic heterocycles. The molecule has 0 spiro atoms. The number of hydrogen-bond donors (Lipinski definition) is 1. The third kappa shape index (κ3) is 8.08. The van der Waals surface area contributed by atoms with Crippen molar-refractivity contribution in [3.8, 4) is 11.5 Å². The lowest BCUT2D eigenvalue weighted by Gasteiger charge is -2.18. The highest BCUT2D eigenvalue weighted by atomic mass is 19.1. The first-order chi connectivity index (χ1) is 18.5. The highest BCUT2D eigenvalue weighted by molar-refractivity contribution is 5.91. The van der Waals surface area contributed by atoms with Crippen LogP contribution in [-0.4, -0.2) is 24.3 Å². The zero-order chi connectivity index (χ0) is 26.7. The Morgan fingerprint density at radius 2 is 1.39 bits per heavy atom. The molecule has 0 bridgehead atoms. The second-order valence-electron chi connectivity index (χ2n) is 8.74. The van der Waals surface area contributed by atoms with Crippen molar-refractivity contribution in [1.82, 2.24) is 5.32 Å². The lowest BCUT2D eigenvalue weighted by Crippen LogP contribution is -2.45. The number of hydrogen-bond acceptors (Lipinski definition) is 4. The molecule has 1 N–H and O–H groups in total. The summed E-state index contributed by atoms with van der Waals surface area (Å²) in [6, 6.07) is 28.0. The predicted molar refractivity (Wildman–Crippen MR) is 140 cm³/mol. The molecule has 0 aliphatic heterocycles. The third-order valence-electron chi connectivity index (χ3n) is 5.77. The first-order valence-corrected chi connectivity index (χ1v) is 12.2. The molecule has 0 heterocycles. The maximum absolute atomic E-state index is 14.0. The Morgan fingerprint density at radius 1 is 0.737 bits per heavy atom. The lowest BCUT2D eigenvalue weighted by molar-refractivity contribution is -0.128. The van der Waals surface area contributed by atoms with Gasteiger partial charge >= 0.3 is 0 Å². The summed E-state index contributed by atoms with van der Waals surface area (Å²) >= 11 is 0. The number of para-hydroxylation sites is 1. The van der Waals surface area contributed by atoms with Gasteiger partial charge < -0.3 is 14.8 Å². The van der Waals surface area contributed by atoms with Crippen molar-refractivity contribution in [1.29, 1.82) is 0 Å². The van der Waals surface area contributed by atoms with E-state index in [-0.39, 0.29) is 37.4 Å². The number of amides is 1. The molecule has 5 nitrogen and oxygen atoms in total. The number of carbonyl (C=O) groups is 2. The molecule has 0 aliphatic carbocycles. The van der Waals surface area contributed by atoms with Crippen LogP contribution in [0.4, 0.5) is 8.78 Å². The van der Waals surface area contributed by atoms with E-state index in [1.807, 2.05) is 60.7 Å². The van der Waals surface area contributed by atoms with Gasteiger partial charge in [-0.05, 0) is 47.0 Å². The molecule has 4 aromatic carbocycles. The predicted octanol–water partition coefficient (Wildman–Crippen LogP) is 5.81. The first-order valence-electron chi connectivity index (χ1n) is 12.2. The number of ketones is 1. The van der Waals surface area contributed by atoms with Gasteiger partial charge in [-0.2, -0.15) is 0 Å². The third-order valence-corrected chi connectivity index (χ3v) is 5.77. The second kappa shape index (κ2) is 13.3. The SMILES string of the molecule is O=C(Cc1ccc(F)cc1F)NC(COCc1ccccc1)C(=O)Cc1ccc(Oc2ccccc2)cc1. The van der Waals surface area contributed by atoms with Crippen molar-refractivity contribution >= 4 is 11.7 Å². The number of nitrogens with one attached hydrogen (secondary N) is 1. The molecule has 1 atom stereocenters. The summed E-state index contributed by atoms with van der Waals surface area (Å²) in [6.45, 7) is 0.208. The summed E-state index contributed by atoms with van der Waals surface area (Å²) in [6.07, 6.45) is -0.281. The van der Waals surface area contributed by atoms with Gasteiger partial charge in [-0.3, -0.25) is 9.59 Å². The minimum absolute atomic E-state index is 0.0364. The number of halogens is 2. The Kier molecular flexibility index (Phi) is 9.32. The van der Waals surface area contributed by atoms with Crippen molar-refractivity contribution in [3.63, 3.8) is 0 Å². The molecular weight excluding hydrogens is 488 g/mol. The van der Waals surface area contributed by atoms with Gasteiger partial charge in [-0.25, -0.2) is 8.78 Å². The fourth-order valence-corrected chi connectivity index (χ4v) is 3.79. The van der Waals surface area contributed by atoms with Crippen LogP contribution in [0.1, 0.15) is 16.7 Å². The molecule has 0 fully saturated rings. The minimum atomic E-state index is -0.949. The first kappa shape index (κ1) is 26.7. The summed E-state index contributed by atoms with van der Waals surface area (Å²) in [5.74, 6) is -1.04. The van der Waals surface area contributed by atoms with Crippen LogP contribution in [0.3, 0.4) is 0 Å². The average Bonchev–Trinajstić information content (AvgIpc) is 2.92. The van der Waals surface area contributed by atoms with Crippen molar-refractivity contribution in [2.45, 2.75) is 25.5 Å². The number of Topliss-reactive ketones (excluding diaryl/α,β-unsaturated/α-hetero) is 1. The van der Waals surface area contributed by atoms with Gasteiger partial charge in [0.25, 0.3) is 0 Å². The lowest BCUT2D eigenvalue weighted by atomic mass is 10.0. The van der Waals surface area contributed by atoms with Crippen LogP contribution in [0.2, 0.25) is 0 Å². The number of rotatable bonds is 12. The summed E-state index contributed by atoms with van der Waals surface area (Å²) in [5, 5.41) is 2.66. The molecule has 0 aliphatic rings. The van der Waals surface area contributed by atoms with Crippen molar-refractivity contribution < 1.29 is 27.8 Å². The van der Waals surface area contributed by atoms with E-state index in [9.17, 15) is 18.4 Å². The molecule has 4 aromatic rings. The van der Waals surface area contributed by atoms with Crippen molar-refractivity contribution in [3.05, 3.63) is 131 Å². The molecule has 0 radical (unpaired) electrons. The summed E-state index contributed by atoms with van der Waals surface area (Å²) in [7, 11) is 0. The van der Waals surface area contributed by atoms with E-state index in [1.54, 1.807) is 24.3 Å². The van der Waals surface area contributed by atoms with E-state index in [4.69, 9.17) is 9.47 Å². The average molecular weight is 516 g/mol. The zero-order valence-corrected chi connectivity index (χ0v) is 20.6. The monoisotopic (exact) mass is 515 g/mol. The second-order valence-corrected chi connectivity index (χ2v) is 8.74. The van der Waals surface area contributed by atoms with Crippen LogP contribution in [-0.2, 0) is 33.8 Å². The van der Waals surface area contributed by atoms with E-state index < -0.39 is 23.6 Å². The standard InChI is InChI=1S/C31H27F2NO4/c32-25-14-13-24(28(33)19-25)18-31(36)34-29(21-37-20-23-7-3-1-4-8-23)30(35)17-22-11-15-27(16-12-22)38-26-9-5-2-6-10-26/h1-16,19,29H,17-18,20-21H2,(H,34,36). The Bertz CT molecular complexity index is 1350. The highest BCUT2D eigenvalue weighted by Crippen LogP contribution is 2.21. The van der Waals surface area contributed by atoms with Crippen LogP contribution >= 0.6 is 0 Å². The smallest absolute Gasteiger partial charge is 0.225 e. The number of benzene rings is 4. The molecule has 0 saturated carbocycles. The maximum Gasteiger partial charge on any atom is 0.225 e. The van der Waals surface area contributed by atoms with Crippen LogP contribution in [0.15, 0.2) is 103 Å². The van der Waals surface area contributed by atoms with Crippen molar-refractivity contribution in [2.24, 2.45) is 0 Å². The molecule has 1 amide bonds. The summed E-state index contributed by atoms with van der Waals surface area (Å²) < 4.78 is 38.8. The van der Waals surface area contributed by atoms with E-state index in [0.29, 0.717) is 11.5 Å². The molecule has 194 valence electrons. The van der Waals surface area contributed by atoms with Gasteiger partial charge in [0, 0.05) is 12.5 Å². The molecule has 1 unspecified atom stereocenters. The van der Waals surface area contributed by atoms with Crippen molar-refractivity contribution in [2.75, 3.05) is 6.61 Å². The number of ether oxygens (including phenoxy) is 2. The van der Waals surface area contributed by atoms with Crippen LogP contribution in [0, 0.1) is 11.6 Å². The fourth-order valence-electron chi connectivity index (χ4n) is 3.79. The van der Waals surface area contributed by atoms with Crippen LogP contribution in [0.5, 0.6) is 11.5 Å². The van der Waals surface area contributed by atoms with Gasteiger partial charge in [0.1, 0.15) is 29.2 Å². The Labute approximate surface area is 220 Å². The molecular formula is C31H27F2NO4. The summed E-state index contributed by atoms with van der Waals surface area (Å²) in [4.78, 5) is 25.9. The van der Waals surface area contributed by atoms with Gasteiger partial charge in [-0.1, -0.05) is 66.7 Å². The topological polar surface area (TPSA) is 64.6 Å². The van der Waals surface area contributed by atoms with Crippen LogP contribution < -0.4 is 10.1 Å². The van der Waals surface area contributed by atoms with E-state index >= 15 is 0 Å². The largest absolute Gasteiger partial charge is 0.457 e. The van der Waals surface area contributed by atoms with Gasteiger partial charge in [0.15, 0.2) is 5.78 Å². The van der Waals surface area contributed by atoms with E-state index in [1.165, 1.54) is 6.07 Å². The summed E-state index contributed by atoms with van der Waals surface area (Å²) in [5.41, 5.74) is 1.70. The Morgan fingerprint density at radius 3 is 2.08 bits per heavy atom. The fraction of sp³-hybridized carbons (Fsp3) is 0.161. The van der Waals surface area contributed by atoms with E-state index in [2.05, 4.69) is 5.32 Å². The normalized spacial score (nSPS) is 11.5. The zero-order valence-electron chi connectivity index (χ0n) is 20.6. The Hall–Kier alpha value is -4.36. The van der Waals surface area contributed by atoms with Gasteiger partial charge in [0.2, 0.25) is 5.91 Å². The van der Waals surface area contributed by atoms with Gasteiger partial charge in [-0.15, -0.1) is 0 Å². The molecule has 38 heavy (non-hydrogen) atoms. The van der Waals surface area contributed by atoms with E-state index in [0.717, 1.165) is 23.3 Å². The van der Waals surface area contributed by atoms with Gasteiger partial charge in [0.05, 0.1) is 19.6 Å². The van der Waals surface area contributed by atoms with Crippen LogP contribution in [0.25, 0.3) is 0 Å².